The van der Waals surface area contributed by atoms with Gasteiger partial charge in [0.15, 0.2) is 6.61 Å². The van der Waals surface area contributed by atoms with Crippen LogP contribution in [0.1, 0.15) is 25.0 Å². The van der Waals surface area contributed by atoms with Gasteiger partial charge in [0.2, 0.25) is 5.91 Å². The Morgan fingerprint density at radius 3 is 2.68 bits per heavy atom. The summed E-state index contributed by atoms with van der Waals surface area (Å²) >= 11 is 0. The molecule has 7 heteroatoms. The van der Waals surface area contributed by atoms with E-state index in [2.05, 4.69) is 10.6 Å². The number of esters is 1. The van der Waals surface area contributed by atoms with E-state index in [1.165, 1.54) is 6.26 Å². The van der Waals surface area contributed by atoms with Crippen molar-refractivity contribution in [2.24, 2.45) is 0 Å². The molecule has 134 valence electrons. The minimum Gasteiger partial charge on any atom is -0.464 e. The fraction of sp³-hybridized carbons (Fsp3) is 0.389. The molecule has 0 spiro atoms. The number of nitrogens with one attached hydrogen (secondary N) is 2. The van der Waals surface area contributed by atoms with Crippen LogP contribution in [-0.2, 0) is 25.5 Å². The summed E-state index contributed by atoms with van der Waals surface area (Å²) in [5.74, 6) is -1.36. The first-order chi connectivity index (χ1) is 11.8. The second-order valence-electron chi connectivity index (χ2n) is 6.10. The van der Waals surface area contributed by atoms with E-state index in [-0.39, 0.29) is 24.9 Å². The van der Waals surface area contributed by atoms with Gasteiger partial charge in [-0.25, -0.2) is 0 Å². The summed E-state index contributed by atoms with van der Waals surface area (Å²) in [5.41, 5.74) is 2.47. The van der Waals surface area contributed by atoms with Gasteiger partial charge in [0.25, 0.3) is 5.91 Å². The zero-order valence-corrected chi connectivity index (χ0v) is 14.5. The summed E-state index contributed by atoms with van der Waals surface area (Å²) < 4.78 is 10.4. The van der Waals surface area contributed by atoms with Gasteiger partial charge in [0, 0.05) is 17.0 Å². The zero-order chi connectivity index (χ0) is 18.4. The molecule has 0 atom stereocenters. The van der Waals surface area contributed by atoms with Gasteiger partial charge in [-0.15, -0.1) is 0 Å². The molecule has 2 N–H and O–H groups in total. The summed E-state index contributed by atoms with van der Waals surface area (Å²) in [7, 11) is 0. The lowest BCUT2D eigenvalue weighted by atomic mass is 10.1. The van der Waals surface area contributed by atoms with E-state index in [1.54, 1.807) is 0 Å². The van der Waals surface area contributed by atoms with Crippen LogP contribution in [0.5, 0.6) is 0 Å². The lowest BCUT2D eigenvalue weighted by Crippen LogP contribution is -2.41. The fourth-order valence-electron chi connectivity index (χ4n) is 2.28. The third-order valence-electron chi connectivity index (χ3n) is 3.41. The number of carbonyl (C=O) groups is 3. The first kappa shape index (κ1) is 18.5. The van der Waals surface area contributed by atoms with Gasteiger partial charge in [-0.3, -0.25) is 14.4 Å². The largest absolute Gasteiger partial charge is 0.464 e. The average Bonchev–Trinajstić information content (AvgIpc) is 2.92. The Hall–Kier alpha value is -2.83. The molecule has 0 saturated heterocycles. The number of ether oxygens (including phenoxy) is 1. The molecule has 0 unspecified atom stereocenters. The highest BCUT2D eigenvalue weighted by molar-refractivity contribution is 5.88. The highest BCUT2D eigenvalue weighted by Gasteiger charge is 2.13. The quantitative estimate of drug-likeness (QED) is 0.740. The van der Waals surface area contributed by atoms with Gasteiger partial charge in [-0.1, -0.05) is 12.1 Å². The molecule has 25 heavy (non-hydrogen) atoms. The molecule has 1 heterocycles. The monoisotopic (exact) mass is 346 g/mol. The smallest absolute Gasteiger partial charge is 0.310 e. The topological polar surface area (TPSA) is 97.6 Å². The molecule has 0 aliphatic rings. The Labute approximate surface area is 145 Å². The van der Waals surface area contributed by atoms with E-state index < -0.39 is 18.5 Å². The van der Waals surface area contributed by atoms with E-state index in [1.807, 2.05) is 39.0 Å². The van der Waals surface area contributed by atoms with Gasteiger partial charge < -0.3 is 19.8 Å². The average molecular weight is 346 g/mol. The first-order valence-corrected chi connectivity index (χ1v) is 8.03. The number of hydrogen-bond acceptors (Lipinski definition) is 5. The molecule has 0 aliphatic heterocycles. The van der Waals surface area contributed by atoms with Crippen LogP contribution < -0.4 is 10.6 Å². The fourth-order valence-corrected chi connectivity index (χ4v) is 2.28. The molecule has 2 aromatic rings. The summed E-state index contributed by atoms with van der Waals surface area (Å²) in [6, 6.07) is 5.70. The van der Waals surface area contributed by atoms with Crippen molar-refractivity contribution in [1.82, 2.24) is 10.6 Å². The standard InChI is InChI=1S/C18H22N2O5/c1-11(2)20-16(21)8-19-17(22)10-25-18(23)7-13-9-24-15-6-12(3)4-5-14(13)15/h4-6,9,11H,7-8,10H2,1-3H3,(H,19,22)(H,20,21). The number of furan rings is 1. The van der Waals surface area contributed by atoms with E-state index >= 15 is 0 Å². The molecule has 0 bridgehead atoms. The number of hydrogen-bond donors (Lipinski definition) is 2. The summed E-state index contributed by atoms with van der Waals surface area (Å²) in [4.78, 5) is 34.9. The summed E-state index contributed by atoms with van der Waals surface area (Å²) in [6.07, 6.45) is 1.53. The molecule has 1 aromatic carbocycles. The Balaban J connectivity index is 1.78. The Morgan fingerprint density at radius 1 is 1.20 bits per heavy atom. The van der Waals surface area contributed by atoms with E-state index in [0.29, 0.717) is 11.1 Å². The van der Waals surface area contributed by atoms with Crippen molar-refractivity contribution >= 4 is 28.8 Å². The molecule has 1 aromatic heterocycles. The van der Waals surface area contributed by atoms with Crippen LogP contribution in [0.2, 0.25) is 0 Å². The molecule has 2 rings (SSSR count). The van der Waals surface area contributed by atoms with Gasteiger partial charge in [-0.2, -0.15) is 0 Å². The van der Waals surface area contributed by atoms with Crippen LogP contribution in [-0.4, -0.2) is 37.0 Å². The Morgan fingerprint density at radius 2 is 1.96 bits per heavy atom. The van der Waals surface area contributed by atoms with Crippen molar-refractivity contribution in [1.29, 1.82) is 0 Å². The minimum atomic E-state index is -0.537. The number of aryl methyl sites for hydroxylation is 1. The van der Waals surface area contributed by atoms with Crippen molar-refractivity contribution in [2.75, 3.05) is 13.2 Å². The Kier molecular flexibility index (Phi) is 6.16. The molecule has 0 radical (unpaired) electrons. The maximum atomic E-state index is 11.9. The first-order valence-electron chi connectivity index (χ1n) is 8.03. The van der Waals surface area contributed by atoms with Crippen molar-refractivity contribution < 1.29 is 23.5 Å². The molecule has 0 saturated carbocycles. The summed E-state index contributed by atoms with van der Waals surface area (Å²) in [6.45, 7) is 5.02. The highest BCUT2D eigenvalue weighted by atomic mass is 16.5. The number of benzene rings is 1. The van der Waals surface area contributed by atoms with Crippen LogP contribution in [0.3, 0.4) is 0 Å². The molecule has 7 nitrogen and oxygen atoms in total. The van der Waals surface area contributed by atoms with Crippen molar-refractivity contribution in [3.63, 3.8) is 0 Å². The maximum absolute atomic E-state index is 11.9. The van der Waals surface area contributed by atoms with Crippen LogP contribution in [0.15, 0.2) is 28.9 Å². The maximum Gasteiger partial charge on any atom is 0.310 e. The van der Waals surface area contributed by atoms with Crippen molar-refractivity contribution in [2.45, 2.75) is 33.2 Å². The van der Waals surface area contributed by atoms with Crippen LogP contribution in [0, 0.1) is 6.92 Å². The number of amides is 2. The van der Waals surface area contributed by atoms with Gasteiger partial charge in [0.05, 0.1) is 19.2 Å². The molecule has 0 aliphatic carbocycles. The minimum absolute atomic E-state index is 0.00389. The second kappa shape index (κ2) is 8.32. The van der Waals surface area contributed by atoms with Gasteiger partial charge >= 0.3 is 5.97 Å². The third-order valence-corrected chi connectivity index (χ3v) is 3.41. The second-order valence-corrected chi connectivity index (χ2v) is 6.10. The number of fused-ring (bicyclic) bond motifs is 1. The van der Waals surface area contributed by atoms with Crippen LogP contribution in [0.4, 0.5) is 0 Å². The number of carbonyl (C=O) groups excluding carboxylic acids is 3. The summed E-state index contributed by atoms with van der Waals surface area (Å²) in [5, 5.41) is 5.88. The third kappa shape index (κ3) is 5.63. The predicted molar refractivity (Wildman–Crippen MR) is 91.9 cm³/mol. The normalized spacial score (nSPS) is 10.7. The lowest BCUT2D eigenvalue weighted by molar-refractivity contribution is -0.147. The van der Waals surface area contributed by atoms with E-state index in [9.17, 15) is 14.4 Å². The van der Waals surface area contributed by atoms with Crippen molar-refractivity contribution in [3.8, 4) is 0 Å². The predicted octanol–water partition coefficient (Wildman–Crippen LogP) is 1.47. The molecular formula is C18H22N2O5. The molecule has 2 amide bonds. The highest BCUT2D eigenvalue weighted by Crippen LogP contribution is 2.22. The SMILES string of the molecule is Cc1ccc2c(CC(=O)OCC(=O)NCC(=O)NC(C)C)coc2c1. The molecule has 0 fully saturated rings. The van der Waals surface area contributed by atoms with Crippen LogP contribution in [0.25, 0.3) is 11.0 Å². The number of rotatable bonds is 7. The van der Waals surface area contributed by atoms with E-state index in [0.717, 1.165) is 10.9 Å². The van der Waals surface area contributed by atoms with Gasteiger partial charge in [0.1, 0.15) is 5.58 Å². The van der Waals surface area contributed by atoms with Crippen molar-refractivity contribution in [3.05, 3.63) is 35.6 Å². The Bertz CT molecular complexity index is 779. The van der Waals surface area contributed by atoms with E-state index in [4.69, 9.17) is 9.15 Å². The van der Waals surface area contributed by atoms with Gasteiger partial charge in [-0.05, 0) is 32.4 Å². The zero-order valence-electron chi connectivity index (χ0n) is 14.5. The molecular weight excluding hydrogens is 324 g/mol. The lowest BCUT2D eigenvalue weighted by Gasteiger charge is -2.09. The van der Waals surface area contributed by atoms with Crippen LogP contribution >= 0.6 is 0 Å².